The molecule has 24 heavy (non-hydrogen) atoms. The Morgan fingerprint density at radius 2 is 1.62 bits per heavy atom. The zero-order chi connectivity index (χ0) is 17.5. The summed E-state index contributed by atoms with van der Waals surface area (Å²) in [6, 6.07) is 15.9. The van der Waals surface area contributed by atoms with Gasteiger partial charge in [-0.2, -0.15) is 0 Å². The van der Waals surface area contributed by atoms with E-state index in [1.807, 2.05) is 37.3 Å². The summed E-state index contributed by atoms with van der Waals surface area (Å²) in [5.74, 6) is -0.701. The van der Waals surface area contributed by atoms with Crippen LogP contribution in [-0.4, -0.2) is 24.0 Å². The van der Waals surface area contributed by atoms with Gasteiger partial charge >= 0.3 is 5.97 Å². The second kappa shape index (κ2) is 8.29. The molecule has 0 heterocycles. The van der Waals surface area contributed by atoms with Crippen molar-refractivity contribution < 1.29 is 14.3 Å². The molecule has 2 rings (SSSR count). The van der Waals surface area contributed by atoms with Gasteiger partial charge in [0.15, 0.2) is 0 Å². The number of carbonyl (C=O) groups excluding carboxylic acids is 2. The van der Waals surface area contributed by atoms with E-state index in [0.717, 1.165) is 11.1 Å². The molecule has 1 unspecified atom stereocenters. The van der Waals surface area contributed by atoms with Crippen molar-refractivity contribution in [2.24, 2.45) is 0 Å². The molecular weight excluding hydrogens is 302 g/mol. The molecule has 0 spiro atoms. The third-order valence-corrected chi connectivity index (χ3v) is 3.66. The lowest BCUT2D eigenvalue weighted by Gasteiger charge is -2.20. The van der Waals surface area contributed by atoms with Crippen LogP contribution in [0.1, 0.15) is 35.3 Å². The monoisotopic (exact) mass is 325 g/mol. The first-order chi connectivity index (χ1) is 11.5. The lowest BCUT2D eigenvalue weighted by molar-refractivity contribution is -0.149. The first kappa shape index (κ1) is 17.7. The fraction of sp³-hybridized carbons (Fsp3) is 0.300. The highest BCUT2D eigenvalue weighted by Gasteiger charge is 2.24. The molecule has 0 fully saturated rings. The molecular formula is C20H23NO3. The van der Waals surface area contributed by atoms with E-state index in [9.17, 15) is 9.59 Å². The molecule has 4 nitrogen and oxygen atoms in total. The second-order valence-electron chi connectivity index (χ2n) is 6.01. The van der Waals surface area contributed by atoms with Crippen LogP contribution in [0.3, 0.4) is 0 Å². The Hall–Kier alpha value is -2.62. The highest BCUT2D eigenvalue weighted by Crippen LogP contribution is 2.12. The number of benzene rings is 2. The average molecular weight is 325 g/mol. The Morgan fingerprint density at radius 3 is 2.25 bits per heavy atom. The summed E-state index contributed by atoms with van der Waals surface area (Å²) < 4.78 is 5.31. The molecule has 2 aromatic rings. The third-order valence-electron chi connectivity index (χ3n) is 3.66. The zero-order valence-electron chi connectivity index (χ0n) is 14.3. The predicted octanol–water partition coefficient (Wildman–Crippen LogP) is 3.29. The van der Waals surface area contributed by atoms with E-state index in [0.29, 0.717) is 12.0 Å². The van der Waals surface area contributed by atoms with Crippen molar-refractivity contribution in [1.29, 1.82) is 0 Å². The van der Waals surface area contributed by atoms with Crippen molar-refractivity contribution in [1.82, 2.24) is 5.32 Å². The summed E-state index contributed by atoms with van der Waals surface area (Å²) >= 11 is 0. The average Bonchev–Trinajstić information content (AvgIpc) is 2.56. The minimum absolute atomic E-state index is 0.231. The van der Waals surface area contributed by atoms with Crippen LogP contribution in [0.4, 0.5) is 0 Å². The fourth-order valence-electron chi connectivity index (χ4n) is 2.40. The Morgan fingerprint density at radius 1 is 1.00 bits per heavy atom. The molecule has 0 saturated heterocycles. The van der Waals surface area contributed by atoms with Crippen molar-refractivity contribution in [3.63, 3.8) is 0 Å². The molecule has 0 aliphatic carbocycles. The SMILES string of the molecule is Cc1ccccc1CC(NC(=O)c1ccccc1)C(=O)OC(C)C. The van der Waals surface area contributed by atoms with Gasteiger partial charge in [-0.1, -0.05) is 42.5 Å². The number of hydrogen-bond donors (Lipinski definition) is 1. The minimum Gasteiger partial charge on any atom is -0.461 e. The van der Waals surface area contributed by atoms with E-state index >= 15 is 0 Å². The maximum atomic E-state index is 12.4. The quantitative estimate of drug-likeness (QED) is 0.829. The molecule has 1 N–H and O–H groups in total. The van der Waals surface area contributed by atoms with Gasteiger partial charge in [-0.3, -0.25) is 4.79 Å². The van der Waals surface area contributed by atoms with Crippen molar-refractivity contribution >= 4 is 11.9 Å². The maximum absolute atomic E-state index is 12.4. The second-order valence-corrected chi connectivity index (χ2v) is 6.01. The maximum Gasteiger partial charge on any atom is 0.329 e. The van der Waals surface area contributed by atoms with Crippen molar-refractivity contribution in [2.45, 2.75) is 39.3 Å². The molecule has 126 valence electrons. The van der Waals surface area contributed by atoms with Gasteiger partial charge in [-0.05, 0) is 44.0 Å². The third kappa shape index (κ3) is 4.95. The van der Waals surface area contributed by atoms with Gasteiger partial charge in [0.2, 0.25) is 0 Å². The van der Waals surface area contributed by atoms with E-state index in [1.54, 1.807) is 38.1 Å². The number of nitrogens with one attached hydrogen (secondary N) is 1. The van der Waals surface area contributed by atoms with E-state index in [4.69, 9.17) is 4.74 Å². The summed E-state index contributed by atoms with van der Waals surface area (Å²) in [7, 11) is 0. The molecule has 0 radical (unpaired) electrons. The Bertz CT molecular complexity index is 695. The van der Waals surface area contributed by atoms with Crippen molar-refractivity contribution in [2.75, 3.05) is 0 Å². The molecule has 1 atom stereocenters. The number of carbonyl (C=O) groups is 2. The van der Waals surface area contributed by atoms with Crippen molar-refractivity contribution in [3.8, 4) is 0 Å². The molecule has 4 heteroatoms. The van der Waals surface area contributed by atoms with Gasteiger partial charge < -0.3 is 10.1 Å². The first-order valence-electron chi connectivity index (χ1n) is 8.08. The van der Waals surface area contributed by atoms with Crippen LogP contribution in [0, 0.1) is 6.92 Å². The van der Waals surface area contributed by atoms with Gasteiger partial charge in [0.05, 0.1) is 6.10 Å². The van der Waals surface area contributed by atoms with Gasteiger partial charge in [-0.15, -0.1) is 0 Å². The van der Waals surface area contributed by atoms with Gasteiger partial charge in [0.25, 0.3) is 5.91 Å². The zero-order valence-corrected chi connectivity index (χ0v) is 14.3. The number of amides is 1. The summed E-state index contributed by atoms with van der Waals surface area (Å²) in [6.07, 6.45) is 0.169. The van der Waals surface area contributed by atoms with Crippen LogP contribution >= 0.6 is 0 Å². The lowest BCUT2D eigenvalue weighted by atomic mass is 10.0. The van der Waals surface area contributed by atoms with Gasteiger partial charge in [0.1, 0.15) is 6.04 Å². The summed E-state index contributed by atoms with van der Waals surface area (Å²) in [5.41, 5.74) is 2.61. The number of rotatable bonds is 6. The Balaban J connectivity index is 2.18. The van der Waals surface area contributed by atoms with Crippen LogP contribution in [0.2, 0.25) is 0 Å². The Labute approximate surface area is 142 Å². The summed E-state index contributed by atoms with van der Waals surface area (Å²) in [6.45, 7) is 5.57. The van der Waals surface area contributed by atoms with E-state index in [1.165, 1.54) is 0 Å². The van der Waals surface area contributed by atoms with Crippen molar-refractivity contribution in [3.05, 3.63) is 71.3 Å². The van der Waals surface area contributed by atoms with E-state index < -0.39 is 12.0 Å². The van der Waals surface area contributed by atoms with E-state index in [-0.39, 0.29) is 12.0 Å². The van der Waals surface area contributed by atoms with Crippen LogP contribution in [0.15, 0.2) is 54.6 Å². The number of hydrogen-bond acceptors (Lipinski definition) is 3. The summed E-state index contributed by atoms with van der Waals surface area (Å²) in [5, 5.41) is 2.80. The standard InChI is InChI=1S/C20H23NO3/c1-14(2)24-20(23)18(13-17-12-8-7-9-15(17)3)21-19(22)16-10-5-4-6-11-16/h4-12,14,18H,13H2,1-3H3,(H,21,22). The number of esters is 1. The molecule has 0 bridgehead atoms. The largest absolute Gasteiger partial charge is 0.461 e. The Kier molecular flexibility index (Phi) is 6.13. The fourth-order valence-corrected chi connectivity index (χ4v) is 2.40. The minimum atomic E-state index is -0.721. The molecule has 0 aliphatic rings. The van der Waals surface area contributed by atoms with E-state index in [2.05, 4.69) is 5.32 Å². The summed E-state index contributed by atoms with van der Waals surface area (Å²) in [4.78, 5) is 24.8. The molecule has 1 amide bonds. The van der Waals surface area contributed by atoms with Crippen LogP contribution in [0.5, 0.6) is 0 Å². The molecule has 0 aromatic heterocycles. The van der Waals surface area contributed by atoms with Crippen LogP contribution < -0.4 is 5.32 Å². The number of ether oxygens (including phenoxy) is 1. The smallest absolute Gasteiger partial charge is 0.329 e. The van der Waals surface area contributed by atoms with Crippen LogP contribution in [-0.2, 0) is 16.0 Å². The molecule has 0 aliphatic heterocycles. The highest BCUT2D eigenvalue weighted by molar-refractivity contribution is 5.96. The topological polar surface area (TPSA) is 55.4 Å². The number of aryl methyl sites for hydroxylation is 1. The van der Waals surface area contributed by atoms with Crippen LogP contribution in [0.25, 0.3) is 0 Å². The van der Waals surface area contributed by atoms with Gasteiger partial charge in [0, 0.05) is 12.0 Å². The van der Waals surface area contributed by atoms with Gasteiger partial charge in [-0.25, -0.2) is 4.79 Å². The highest BCUT2D eigenvalue weighted by atomic mass is 16.5. The molecule has 2 aromatic carbocycles. The molecule has 0 saturated carbocycles. The lowest BCUT2D eigenvalue weighted by Crippen LogP contribution is -2.44. The normalized spacial score (nSPS) is 11.8. The predicted molar refractivity (Wildman–Crippen MR) is 93.8 cm³/mol. The first-order valence-corrected chi connectivity index (χ1v) is 8.08.